The first-order chi connectivity index (χ1) is 12.3. The number of aryl methyl sites for hydroxylation is 1. The Morgan fingerprint density at radius 2 is 1.92 bits per heavy atom. The molecule has 0 saturated carbocycles. The minimum absolute atomic E-state index is 0.0714. The van der Waals surface area contributed by atoms with Crippen LogP contribution in [0.2, 0.25) is 0 Å². The van der Waals surface area contributed by atoms with Gasteiger partial charge in [0, 0.05) is 50.4 Å². The van der Waals surface area contributed by atoms with Gasteiger partial charge in [0.1, 0.15) is 5.82 Å². The van der Waals surface area contributed by atoms with Gasteiger partial charge in [0.15, 0.2) is 0 Å². The predicted octanol–water partition coefficient (Wildman–Crippen LogP) is 2.23. The van der Waals surface area contributed by atoms with E-state index in [0.29, 0.717) is 5.92 Å². The zero-order valence-electron chi connectivity index (χ0n) is 16.5. The molecule has 1 saturated heterocycles. The molecule has 0 aromatic carbocycles. The fourth-order valence-electron chi connectivity index (χ4n) is 3.54. The number of aromatic nitrogens is 4. The van der Waals surface area contributed by atoms with Crippen molar-refractivity contribution in [3.63, 3.8) is 0 Å². The van der Waals surface area contributed by atoms with E-state index in [0.717, 1.165) is 57.0 Å². The third kappa shape index (κ3) is 4.61. The first kappa shape index (κ1) is 18.8. The second kappa shape index (κ2) is 7.74. The average molecular weight is 358 g/mol. The van der Waals surface area contributed by atoms with Crippen LogP contribution in [-0.2, 0) is 25.4 Å². The number of piperidine rings is 1. The summed E-state index contributed by atoms with van der Waals surface area (Å²) in [4.78, 5) is 23.8. The van der Waals surface area contributed by atoms with Crippen LogP contribution in [0, 0.1) is 5.92 Å². The maximum absolute atomic E-state index is 12.4. The third-order valence-electron chi connectivity index (χ3n) is 5.38. The number of imidazole rings is 1. The van der Waals surface area contributed by atoms with Crippen LogP contribution in [0.4, 0.5) is 0 Å². The van der Waals surface area contributed by atoms with E-state index in [1.807, 2.05) is 19.4 Å². The highest BCUT2D eigenvalue weighted by Gasteiger charge is 2.21. The van der Waals surface area contributed by atoms with Crippen molar-refractivity contribution in [2.45, 2.75) is 52.0 Å². The van der Waals surface area contributed by atoms with E-state index in [4.69, 9.17) is 0 Å². The van der Waals surface area contributed by atoms with Gasteiger partial charge in [0.2, 0.25) is 0 Å². The summed E-state index contributed by atoms with van der Waals surface area (Å²) in [7, 11) is 2.05. The number of likely N-dealkylation sites (tertiary alicyclic amines) is 1. The van der Waals surface area contributed by atoms with Crippen molar-refractivity contribution in [3.8, 4) is 0 Å². The van der Waals surface area contributed by atoms with Crippen LogP contribution in [0.3, 0.4) is 0 Å². The van der Waals surface area contributed by atoms with E-state index in [1.165, 1.54) is 0 Å². The van der Waals surface area contributed by atoms with E-state index in [1.54, 1.807) is 17.0 Å². The second-order valence-electron chi connectivity index (χ2n) is 8.50. The molecule has 3 rings (SSSR count). The van der Waals surface area contributed by atoms with Crippen molar-refractivity contribution in [2.24, 2.45) is 13.0 Å². The normalized spacial score (nSPS) is 16.9. The van der Waals surface area contributed by atoms with Crippen molar-refractivity contribution >= 4 is 0 Å². The Balaban J connectivity index is 1.50. The zero-order chi connectivity index (χ0) is 18.7. The summed E-state index contributed by atoms with van der Waals surface area (Å²) in [6.07, 6.45) is 8.85. The standard InChI is InChI=1S/C20H31N5O/c1-20(2,3)17-13-19(26)25(15-22-17)14-16-5-9-24(10-6-16)11-7-18-21-8-12-23(18)4/h8,12-13,15-16H,5-7,9-11,14H2,1-4H3. The van der Waals surface area contributed by atoms with Crippen LogP contribution in [-0.4, -0.2) is 43.6 Å². The van der Waals surface area contributed by atoms with Gasteiger partial charge in [-0.25, -0.2) is 9.97 Å². The highest BCUT2D eigenvalue weighted by Crippen LogP contribution is 2.20. The molecular weight excluding hydrogens is 326 g/mol. The minimum Gasteiger partial charge on any atom is -0.338 e. The van der Waals surface area contributed by atoms with Crippen molar-refractivity contribution < 1.29 is 0 Å². The predicted molar refractivity (Wildman–Crippen MR) is 103 cm³/mol. The first-order valence-corrected chi connectivity index (χ1v) is 9.58. The van der Waals surface area contributed by atoms with Crippen LogP contribution in [0.5, 0.6) is 0 Å². The first-order valence-electron chi connectivity index (χ1n) is 9.58. The monoisotopic (exact) mass is 357 g/mol. The number of nitrogens with zero attached hydrogens (tertiary/aromatic N) is 5. The lowest BCUT2D eigenvalue weighted by atomic mass is 9.92. The lowest BCUT2D eigenvalue weighted by Crippen LogP contribution is -2.37. The molecule has 1 aliphatic rings. The highest BCUT2D eigenvalue weighted by molar-refractivity contribution is 5.10. The van der Waals surface area contributed by atoms with Gasteiger partial charge in [0.05, 0.1) is 12.0 Å². The van der Waals surface area contributed by atoms with Crippen molar-refractivity contribution in [3.05, 3.63) is 46.7 Å². The lowest BCUT2D eigenvalue weighted by molar-refractivity contribution is 0.173. The molecule has 0 N–H and O–H groups in total. The van der Waals surface area contributed by atoms with E-state index >= 15 is 0 Å². The quantitative estimate of drug-likeness (QED) is 0.823. The van der Waals surface area contributed by atoms with Crippen molar-refractivity contribution in [1.82, 2.24) is 24.0 Å². The number of hydrogen-bond acceptors (Lipinski definition) is 4. The van der Waals surface area contributed by atoms with E-state index < -0.39 is 0 Å². The molecule has 0 bridgehead atoms. The summed E-state index contributed by atoms with van der Waals surface area (Å²) >= 11 is 0. The Kier molecular flexibility index (Phi) is 5.61. The Morgan fingerprint density at radius 3 is 2.50 bits per heavy atom. The lowest BCUT2D eigenvalue weighted by Gasteiger charge is -2.32. The van der Waals surface area contributed by atoms with Gasteiger partial charge in [-0.15, -0.1) is 0 Å². The van der Waals surface area contributed by atoms with Crippen LogP contribution in [0.1, 0.15) is 45.1 Å². The summed E-state index contributed by atoms with van der Waals surface area (Å²) in [5.74, 6) is 1.70. The summed E-state index contributed by atoms with van der Waals surface area (Å²) in [6.45, 7) is 10.3. The molecule has 3 heterocycles. The van der Waals surface area contributed by atoms with Crippen LogP contribution >= 0.6 is 0 Å². The van der Waals surface area contributed by atoms with Gasteiger partial charge >= 0.3 is 0 Å². The summed E-state index contributed by atoms with van der Waals surface area (Å²) in [5.41, 5.74) is 0.849. The molecule has 1 aliphatic heterocycles. The van der Waals surface area contributed by atoms with E-state index in [-0.39, 0.29) is 11.0 Å². The minimum atomic E-state index is -0.0865. The Morgan fingerprint density at radius 1 is 1.19 bits per heavy atom. The zero-order valence-corrected chi connectivity index (χ0v) is 16.5. The van der Waals surface area contributed by atoms with Gasteiger partial charge in [-0.05, 0) is 31.8 Å². The van der Waals surface area contributed by atoms with Crippen LogP contribution < -0.4 is 5.56 Å². The summed E-state index contributed by atoms with van der Waals surface area (Å²) in [5, 5.41) is 0. The maximum Gasteiger partial charge on any atom is 0.253 e. The van der Waals surface area contributed by atoms with Crippen molar-refractivity contribution in [1.29, 1.82) is 0 Å². The molecule has 2 aromatic heterocycles. The van der Waals surface area contributed by atoms with Gasteiger partial charge in [-0.3, -0.25) is 9.36 Å². The second-order valence-corrected chi connectivity index (χ2v) is 8.50. The molecule has 1 fully saturated rings. The molecule has 0 radical (unpaired) electrons. The van der Waals surface area contributed by atoms with E-state index in [9.17, 15) is 4.79 Å². The Bertz CT molecular complexity index is 778. The van der Waals surface area contributed by atoms with Gasteiger partial charge in [-0.1, -0.05) is 20.8 Å². The fraction of sp³-hybridized carbons (Fsp3) is 0.650. The smallest absolute Gasteiger partial charge is 0.253 e. The highest BCUT2D eigenvalue weighted by atomic mass is 16.1. The van der Waals surface area contributed by atoms with Gasteiger partial charge in [0.25, 0.3) is 5.56 Å². The number of rotatable bonds is 5. The number of hydrogen-bond donors (Lipinski definition) is 0. The fourth-order valence-corrected chi connectivity index (χ4v) is 3.54. The molecule has 2 aromatic rings. The molecule has 0 atom stereocenters. The van der Waals surface area contributed by atoms with Crippen LogP contribution in [0.15, 0.2) is 29.6 Å². The molecule has 0 aliphatic carbocycles. The molecule has 0 spiro atoms. The van der Waals surface area contributed by atoms with Gasteiger partial charge < -0.3 is 9.47 Å². The Labute approximate surface area is 155 Å². The SMILES string of the molecule is Cn1ccnc1CCN1CCC(Cn2cnc(C(C)(C)C)cc2=O)CC1. The summed E-state index contributed by atoms with van der Waals surface area (Å²) < 4.78 is 3.87. The molecular formula is C20H31N5O. The summed E-state index contributed by atoms with van der Waals surface area (Å²) in [6, 6.07) is 1.70. The third-order valence-corrected chi connectivity index (χ3v) is 5.38. The molecule has 26 heavy (non-hydrogen) atoms. The average Bonchev–Trinajstić information content (AvgIpc) is 3.00. The Hall–Kier alpha value is -1.95. The maximum atomic E-state index is 12.4. The molecule has 142 valence electrons. The molecule has 6 heteroatoms. The van der Waals surface area contributed by atoms with Crippen molar-refractivity contribution in [2.75, 3.05) is 19.6 Å². The van der Waals surface area contributed by atoms with E-state index in [2.05, 4.69) is 40.2 Å². The molecule has 0 unspecified atom stereocenters. The van der Waals surface area contributed by atoms with Crippen LogP contribution in [0.25, 0.3) is 0 Å². The molecule has 6 nitrogen and oxygen atoms in total. The molecule has 0 amide bonds. The van der Waals surface area contributed by atoms with Gasteiger partial charge in [-0.2, -0.15) is 0 Å². The topological polar surface area (TPSA) is 56.0 Å². The largest absolute Gasteiger partial charge is 0.338 e.